The molecule has 0 saturated heterocycles. The lowest BCUT2D eigenvalue weighted by Crippen LogP contribution is -2.30. The van der Waals surface area contributed by atoms with E-state index in [1.807, 2.05) is 10.9 Å². The van der Waals surface area contributed by atoms with Crippen molar-refractivity contribution in [3.63, 3.8) is 0 Å². The molecule has 1 heterocycles. The predicted octanol–water partition coefficient (Wildman–Crippen LogP) is 1.99. The highest BCUT2D eigenvalue weighted by molar-refractivity contribution is 5.08. The van der Waals surface area contributed by atoms with Crippen molar-refractivity contribution in [1.82, 2.24) is 20.3 Å². The maximum absolute atomic E-state index is 4.16. The topological polar surface area (TPSA) is 42.7 Å². The molecular formula is C13H22N4. The lowest BCUT2D eigenvalue weighted by Gasteiger charge is -2.30. The van der Waals surface area contributed by atoms with Crippen molar-refractivity contribution in [2.24, 2.45) is 17.8 Å². The van der Waals surface area contributed by atoms with Gasteiger partial charge in [0.25, 0.3) is 0 Å². The zero-order chi connectivity index (χ0) is 11.8. The highest BCUT2D eigenvalue weighted by Crippen LogP contribution is 2.52. The molecule has 0 aliphatic heterocycles. The molecule has 17 heavy (non-hydrogen) atoms. The van der Waals surface area contributed by atoms with Gasteiger partial charge < -0.3 is 5.32 Å². The van der Waals surface area contributed by atoms with Gasteiger partial charge in [-0.15, -0.1) is 5.10 Å². The molecule has 2 aliphatic rings. The van der Waals surface area contributed by atoms with E-state index in [-0.39, 0.29) is 0 Å². The molecule has 0 radical (unpaired) electrons. The maximum atomic E-state index is 4.16. The molecule has 0 aromatic carbocycles. The van der Waals surface area contributed by atoms with Crippen molar-refractivity contribution >= 4 is 0 Å². The largest absolute Gasteiger partial charge is 0.311 e. The molecule has 2 fully saturated rings. The van der Waals surface area contributed by atoms with Crippen molar-refractivity contribution in [2.45, 2.75) is 45.2 Å². The molecule has 0 amide bonds. The molecule has 2 bridgehead atoms. The summed E-state index contributed by atoms with van der Waals surface area (Å²) in [6, 6.07) is 0.445. The molecule has 2 saturated carbocycles. The number of fused-ring (bicyclic) bond motifs is 2. The summed E-state index contributed by atoms with van der Waals surface area (Å²) < 4.78 is 2.03. The first-order chi connectivity index (χ1) is 8.33. The Hall–Kier alpha value is -0.900. The summed E-state index contributed by atoms with van der Waals surface area (Å²) in [6.45, 7) is 3.04. The summed E-state index contributed by atoms with van der Waals surface area (Å²) in [4.78, 5) is 0. The molecule has 4 nitrogen and oxygen atoms in total. The van der Waals surface area contributed by atoms with Crippen molar-refractivity contribution in [1.29, 1.82) is 0 Å². The Morgan fingerprint density at radius 1 is 1.47 bits per heavy atom. The van der Waals surface area contributed by atoms with Crippen LogP contribution < -0.4 is 5.32 Å². The lowest BCUT2D eigenvalue weighted by atomic mass is 9.82. The van der Waals surface area contributed by atoms with E-state index in [0.29, 0.717) is 6.04 Å². The molecule has 1 aromatic rings. The summed E-state index contributed by atoms with van der Waals surface area (Å²) in [5.41, 5.74) is 1.27. The van der Waals surface area contributed by atoms with Crippen molar-refractivity contribution < 1.29 is 0 Å². The Labute approximate surface area is 103 Å². The maximum Gasteiger partial charge on any atom is 0.0759 e. The van der Waals surface area contributed by atoms with Crippen LogP contribution in [-0.4, -0.2) is 22.0 Å². The van der Waals surface area contributed by atoms with Gasteiger partial charge in [0, 0.05) is 6.54 Å². The molecule has 2 aliphatic carbocycles. The van der Waals surface area contributed by atoms with Gasteiger partial charge in [0.05, 0.1) is 17.9 Å². The SMILES string of the molecule is CCn1nncc1C(NC)C1CC2CCC1C2. The van der Waals surface area contributed by atoms with Crippen LogP contribution >= 0.6 is 0 Å². The average Bonchev–Trinajstić information content (AvgIpc) is 3.05. The second-order valence-corrected chi connectivity index (χ2v) is 5.58. The van der Waals surface area contributed by atoms with Crippen LogP contribution in [0.25, 0.3) is 0 Å². The third kappa shape index (κ3) is 1.79. The normalized spacial score (nSPS) is 33.2. The van der Waals surface area contributed by atoms with Gasteiger partial charge in [-0.2, -0.15) is 0 Å². The minimum absolute atomic E-state index is 0.445. The minimum Gasteiger partial charge on any atom is -0.311 e. The molecule has 1 N–H and O–H groups in total. The third-order valence-corrected chi connectivity index (χ3v) is 4.80. The third-order valence-electron chi connectivity index (χ3n) is 4.80. The van der Waals surface area contributed by atoms with Gasteiger partial charge in [-0.05, 0) is 51.0 Å². The van der Waals surface area contributed by atoms with E-state index < -0.39 is 0 Å². The first kappa shape index (κ1) is 11.2. The monoisotopic (exact) mass is 234 g/mol. The van der Waals surface area contributed by atoms with E-state index in [0.717, 1.165) is 24.3 Å². The van der Waals surface area contributed by atoms with Gasteiger partial charge in [0.15, 0.2) is 0 Å². The molecule has 4 unspecified atom stereocenters. The number of hydrogen-bond donors (Lipinski definition) is 1. The fraction of sp³-hybridized carbons (Fsp3) is 0.846. The first-order valence-electron chi connectivity index (χ1n) is 6.89. The van der Waals surface area contributed by atoms with Gasteiger partial charge >= 0.3 is 0 Å². The number of hydrogen-bond acceptors (Lipinski definition) is 3. The van der Waals surface area contributed by atoms with E-state index in [2.05, 4.69) is 29.6 Å². The van der Waals surface area contributed by atoms with Gasteiger partial charge in [0.2, 0.25) is 0 Å². The fourth-order valence-electron chi connectivity index (χ4n) is 4.04. The molecular weight excluding hydrogens is 212 g/mol. The number of aromatic nitrogens is 3. The summed E-state index contributed by atoms with van der Waals surface area (Å²) in [7, 11) is 2.07. The second-order valence-electron chi connectivity index (χ2n) is 5.58. The van der Waals surface area contributed by atoms with Crippen LogP contribution in [0.3, 0.4) is 0 Å². The van der Waals surface area contributed by atoms with Crippen LogP contribution in [-0.2, 0) is 6.54 Å². The van der Waals surface area contributed by atoms with Crippen LogP contribution in [0.2, 0.25) is 0 Å². The van der Waals surface area contributed by atoms with Crippen LogP contribution in [0.15, 0.2) is 6.20 Å². The first-order valence-corrected chi connectivity index (χ1v) is 6.89. The van der Waals surface area contributed by atoms with E-state index in [9.17, 15) is 0 Å². The molecule has 1 aromatic heterocycles. The number of aryl methyl sites for hydroxylation is 1. The van der Waals surface area contributed by atoms with Crippen molar-refractivity contribution in [2.75, 3.05) is 7.05 Å². The summed E-state index contributed by atoms with van der Waals surface area (Å²) in [6.07, 6.45) is 7.68. The molecule has 4 heteroatoms. The number of nitrogens with zero attached hydrogens (tertiary/aromatic N) is 3. The van der Waals surface area contributed by atoms with Crippen LogP contribution in [0.5, 0.6) is 0 Å². The second kappa shape index (κ2) is 4.41. The quantitative estimate of drug-likeness (QED) is 0.866. The van der Waals surface area contributed by atoms with Gasteiger partial charge in [-0.3, -0.25) is 0 Å². The van der Waals surface area contributed by atoms with E-state index in [4.69, 9.17) is 0 Å². The zero-order valence-corrected chi connectivity index (χ0v) is 10.8. The fourth-order valence-corrected chi connectivity index (χ4v) is 4.04. The number of nitrogens with one attached hydrogen (secondary N) is 1. The van der Waals surface area contributed by atoms with E-state index in [1.165, 1.54) is 31.4 Å². The zero-order valence-electron chi connectivity index (χ0n) is 10.8. The lowest BCUT2D eigenvalue weighted by molar-refractivity contribution is 0.250. The Kier molecular flexibility index (Phi) is 2.90. The van der Waals surface area contributed by atoms with Crippen molar-refractivity contribution in [3.05, 3.63) is 11.9 Å². The summed E-state index contributed by atoms with van der Waals surface area (Å²) >= 11 is 0. The molecule has 94 valence electrons. The van der Waals surface area contributed by atoms with Gasteiger partial charge in [-0.1, -0.05) is 11.6 Å². The average molecular weight is 234 g/mol. The Morgan fingerprint density at radius 3 is 2.94 bits per heavy atom. The molecule has 3 rings (SSSR count). The predicted molar refractivity (Wildman–Crippen MR) is 66.4 cm³/mol. The van der Waals surface area contributed by atoms with E-state index in [1.54, 1.807) is 0 Å². The highest BCUT2D eigenvalue weighted by atomic mass is 15.4. The van der Waals surface area contributed by atoms with Crippen LogP contribution in [0.1, 0.15) is 44.3 Å². The Balaban J connectivity index is 1.84. The van der Waals surface area contributed by atoms with Gasteiger partial charge in [0.1, 0.15) is 0 Å². The van der Waals surface area contributed by atoms with Crippen LogP contribution in [0, 0.1) is 17.8 Å². The Morgan fingerprint density at radius 2 is 2.35 bits per heavy atom. The van der Waals surface area contributed by atoms with Crippen LogP contribution in [0.4, 0.5) is 0 Å². The highest BCUT2D eigenvalue weighted by Gasteiger charge is 2.43. The minimum atomic E-state index is 0.445. The molecule has 4 atom stereocenters. The smallest absolute Gasteiger partial charge is 0.0759 e. The number of rotatable bonds is 4. The van der Waals surface area contributed by atoms with Crippen molar-refractivity contribution in [3.8, 4) is 0 Å². The molecule has 0 spiro atoms. The summed E-state index contributed by atoms with van der Waals surface area (Å²) in [5.74, 6) is 2.71. The Bertz CT molecular complexity index is 387. The van der Waals surface area contributed by atoms with Gasteiger partial charge in [-0.25, -0.2) is 4.68 Å². The standard InChI is InChI=1S/C13H22N4/c1-3-17-12(8-15-16-17)13(14-2)11-7-9-4-5-10(11)6-9/h8-11,13-14H,3-7H2,1-2H3. The van der Waals surface area contributed by atoms with E-state index >= 15 is 0 Å². The summed E-state index contributed by atoms with van der Waals surface area (Å²) in [5, 5.41) is 11.7.